The van der Waals surface area contributed by atoms with Gasteiger partial charge in [-0.1, -0.05) is 6.07 Å². The molecule has 24 heavy (non-hydrogen) atoms. The molecule has 0 amide bonds. The summed E-state index contributed by atoms with van der Waals surface area (Å²) >= 11 is 3.37. The number of ketones is 1. The summed E-state index contributed by atoms with van der Waals surface area (Å²) in [4.78, 5) is 23.9. The molecule has 0 aliphatic heterocycles. The van der Waals surface area contributed by atoms with E-state index in [2.05, 4.69) is 15.9 Å². The highest BCUT2D eigenvalue weighted by atomic mass is 79.9. The molecule has 0 unspecified atom stereocenters. The molecule has 1 aromatic carbocycles. The van der Waals surface area contributed by atoms with E-state index in [1.54, 1.807) is 12.1 Å². The average molecular weight is 394 g/mol. The molecule has 0 bridgehead atoms. The van der Waals surface area contributed by atoms with E-state index in [1.165, 1.54) is 0 Å². The van der Waals surface area contributed by atoms with Gasteiger partial charge in [0.25, 0.3) is 0 Å². The Bertz CT molecular complexity index is 780. The number of esters is 1. The molecule has 0 fully saturated rings. The molecule has 0 saturated carbocycles. The van der Waals surface area contributed by atoms with Crippen LogP contribution in [0.15, 0.2) is 28.7 Å². The van der Waals surface area contributed by atoms with Gasteiger partial charge in [0.05, 0.1) is 4.47 Å². The Morgan fingerprint density at radius 2 is 1.83 bits per heavy atom. The van der Waals surface area contributed by atoms with Crippen LogP contribution in [-0.4, -0.2) is 29.5 Å². The van der Waals surface area contributed by atoms with Gasteiger partial charge in [-0.25, -0.2) is 4.79 Å². The molecule has 0 atom stereocenters. The second-order valence-electron chi connectivity index (χ2n) is 5.65. The Morgan fingerprint density at radius 3 is 2.42 bits per heavy atom. The van der Waals surface area contributed by atoms with E-state index >= 15 is 0 Å². The maximum atomic E-state index is 12.2. The number of hydrogen-bond acceptors (Lipinski definition) is 4. The molecular formula is C18H20BrNO4. The second kappa shape index (κ2) is 7.66. The number of halogens is 1. The van der Waals surface area contributed by atoms with Gasteiger partial charge in [0, 0.05) is 24.0 Å². The molecule has 1 aromatic heterocycles. The number of hydrogen-bond donors (Lipinski definition) is 0. The van der Waals surface area contributed by atoms with Crippen molar-refractivity contribution >= 4 is 27.7 Å². The molecule has 1 heterocycles. The number of Topliss-reactive ketones (excluding diaryl/α,β-unsaturated/α-hetero) is 1. The molecule has 2 aromatic rings. The Hall–Kier alpha value is -2.08. The summed E-state index contributed by atoms with van der Waals surface area (Å²) in [5, 5.41) is 0. The summed E-state index contributed by atoms with van der Waals surface area (Å²) in [6.45, 7) is 5.20. The highest BCUT2D eigenvalue weighted by molar-refractivity contribution is 9.10. The van der Waals surface area contributed by atoms with Crippen LogP contribution in [0, 0.1) is 20.8 Å². The number of aromatic nitrogens is 1. The van der Waals surface area contributed by atoms with E-state index in [0.717, 1.165) is 21.4 Å². The quantitative estimate of drug-likeness (QED) is 0.556. The predicted octanol–water partition coefficient (Wildman–Crippen LogP) is 3.52. The van der Waals surface area contributed by atoms with Gasteiger partial charge in [-0.05, 0) is 60.5 Å². The van der Waals surface area contributed by atoms with Gasteiger partial charge in [0.2, 0.25) is 5.78 Å². The number of carbonyl (C=O) groups is 2. The molecule has 0 radical (unpaired) electrons. The van der Waals surface area contributed by atoms with Crippen LogP contribution >= 0.6 is 15.9 Å². The molecule has 0 aliphatic rings. The van der Waals surface area contributed by atoms with E-state index < -0.39 is 5.97 Å². The molecule has 0 spiro atoms. The molecule has 5 nitrogen and oxygen atoms in total. The molecular weight excluding hydrogens is 374 g/mol. The normalized spacial score (nSPS) is 10.5. The van der Waals surface area contributed by atoms with E-state index in [4.69, 9.17) is 9.47 Å². The predicted molar refractivity (Wildman–Crippen MR) is 94.6 cm³/mol. The van der Waals surface area contributed by atoms with Crippen molar-refractivity contribution in [2.45, 2.75) is 20.8 Å². The molecule has 0 saturated heterocycles. The lowest BCUT2D eigenvalue weighted by molar-refractivity contribution is -0.144. The van der Waals surface area contributed by atoms with E-state index in [-0.39, 0.29) is 19.0 Å². The van der Waals surface area contributed by atoms with Crippen LogP contribution in [0.3, 0.4) is 0 Å². The SMILES string of the molecule is Cc1ccc(OCC(=O)OCC(=O)c2cc(C)n(C)c2C)c(Br)c1. The summed E-state index contributed by atoms with van der Waals surface area (Å²) in [6, 6.07) is 7.35. The van der Waals surface area contributed by atoms with Gasteiger partial charge in [0.15, 0.2) is 13.2 Å². The lowest BCUT2D eigenvalue weighted by Gasteiger charge is -2.09. The van der Waals surface area contributed by atoms with Crippen molar-refractivity contribution < 1.29 is 19.1 Å². The van der Waals surface area contributed by atoms with Gasteiger partial charge in [0.1, 0.15) is 5.75 Å². The van der Waals surface area contributed by atoms with E-state index in [0.29, 0.717) is 11.3 Å². The van der Waals surface area contributed by atoms with Crippen molar-refractivity contribution in [3.63, 3.8) is 0 Å². The lowest BCUT2D eigenvalue weighted by atomic mass is 10.1. The van der Waals surface area contributed by atoms with Crippen molar-refractivity contribution in [3.8, 4) is 5.75 Å². The third-order valence-electron chi connectivity index (χ3n) is 3.87. The zero-order valence-corrected chi connectivity index (χ0v) is 15.8. The minimum Gasteiger partial charge on any atom is -0.481 e. The highest BCUT2D eigenvalue weighted by Crippen LogP contribution is 2.25. The number of carbonyl (C=O) groups excluding carboxylic acids is 2. The van der Waals surface area contributed by atoms with Gasteiger partial charge in [-0.15, -0.1) is 0 Å². The Balaban J connectivity index is 1.86. The summed E-state index contributed by atoms with van der Waals surface area (Å²) in [7, 11) is 1.89. The van der Waals surface area contributed by atoms with Crippen LogP contribution in [0.25, 0.3) is 0 Å². The minimum atomic E-state index is -0.582. The van der Waals surface area contributed by atoms with E-state index in [9.17, 15) is 9.59 Å². The first-order valence-electron chi connectivity index (χ1n) is 7.50. The van der Waals surface area contributed by atoms with Crippen molar-refractivity contribution in [3.05, 3.63) is 51.3 Å². The van der Waals surface area contributed by atoms with Crippen LogP contribution < -0.4 is 4.74 Å². The van der Waals surface area contributed by atoms with Crippen LogP contribution in [0.1, 0.15) is 27.3 Å². The number of benzene rings is 1. The standard InChI is InChI=1S/C18H20BrNO4/c1-11-5-6-17(15(19)7-11)23-10-18(22)24-9-16(21)14-8-12(2)20(4)13(14)3/h5-8H,9-10H2,1-4H3. The van der Waals surface area contributed by atoms with Crippen molar-refractivity contribution in [2.75, 3.05) is 13.2 Å². The Morgan fingerprint density at radius 1 is 1.12 bits per heavy atom. The van der Waals surface area contributed by atoms with Crippen molar-refractivity contribution in [1.82, 2.24) is 4.57 Å². The lowest BCUT2D eigenvalue weighted by Crippen LogP contribution is -2.20. The first kappa shape index (κ1) is 18.3. The van der Waals surface area contributed by atoms with Crippen LogP contribution in [-0.2, 0) is 16.6 Å². The summed E-state index contributed by atoms with van der Waals surface area (Å²) in [5.41, 5.74) is 3.49. The van der Waals surface area contributed by atoms with Crippen molar-refractivity contribution in [2.24, 2.45) is 7.05 Å². The van der Waals surface area contributed by atoms with Crippen LogP contribution in [0.2, 0.25) is 0 Å². The molecule has 128 valence electrons. The van der Waals surface area contributed by atoms with Crippen LogP contribution in [0.5, 0.6) is 5.75 Å². The summed E-state index contributed by atoms with van der Waals surface area (Å²) in [6.07, 6.45) is 0. The minimum absolute atomic E-state index is 0.221. The number of nitrogens with zero attached hydrogens (tertiary/aromatic N) is 1. The average Bonchev–Trinajstić information content (AvgIpc) is 2.79. The van der Waals surface area contributed by atoms with Crippen LogP contribution in [0.4, 0.5) is 0 Å². The third-order valence-corrected chi connectivity index (χ3v) is 4.49. The maximum absolute atomic E-state index is 12.2. The summed E-state index contributed by atoms with van der Waals surface area (Å²) < 4.78 is 13.1. The fourth-order valence-corrected chi connectivity index (χ4v) is 2.87. The van der Waals surface area contributed by atoms with Gasteiger partial charge in [-0.3, -0.25) is 4.79 Å². The topological polar surface area (TPSA) is 57.5 Å². The fourth-order valence-electron chi connectivity index (χ4n) is 2.26. The molecule has 2 rings (SSSR count). The first-order chi connectivity index (χ1) is 11.3. The van der Waals surface area contributed by atoms with E-state index in [1.807, 2.05) is 44.5 Å². The number of aryl methyl sites for hydroxylation is 2. The Kier molecular flexibility index (Phi) is 5.83. The monoisotopic (exact) mass is 393 g/mol. The zero-order chi connectivity index (χ0) is 17.9. The molecule has 6 heteroatoms. The van der Waals surface area contributed by atoms with Gasteiger partial charge in [-0.2, -0.15) is 0 Å². The molecule has 0 N–H and O–H groups in total. The van der Waals surface area contributed by atoms with Crippen molar-refractivity contribution in [1.29, 1.82) is 0 Å². The van der Waals surface area contributed by atoms with Gasteiger partial charge >= 0.3 is 5.97 Å². The fraction of sp³-hybridized carbons (Fsp3) is 0.333. The highest BCUT2D eigenvalue weighted by Gasteiger charge is 2.16. The molecule has 0 aliphatic carbocycles. The van der Waals surface area contributed by atoms with Gasteiger partial charge < -0.3 is 14.0 Å². The summed E-state index contributed by atoms with van der Waals surface area (Å²) in [5.74, 6) is -0.249. The first-order valence-corrected chi connectivity index (χ1v) is 8.29. The largest absolute Gasteiger partial charge is 0.481 e. The zero-order valence-electron chi connectivity index (χ0n) is 14.2. The maximum Gasteiger partial charge on any atom is 0.344 e. The number of rotatable bonds is 6. The third kappa shape index (κ3) is 4.26. The second-order valence-corrected chi connectivity index (χ2v) is 6.50. The Labute approximate surface area is 149 Å². The number of ether oxygens (including phenoxy) is 2. The smallest absolute Gasteiger partial charge is 0.344 e.